The van der Waals surface area contributed by atoms with Crippen molar-refractivity contribution in [1.82, 2.24) is 0 Å². The van der Waals surface area contributed by atoms with Crippen LogP contribution in [0.5, 0.6) is 5.75 Å². The SMILES string of the molecule is COc1ccc(COC2=CN=C(CO)CC2=O)cc1. The molecule has 0 atom stereocenters. The van der Waals surface area contributed by atoms with E-state index in [4.69, 9.17) is 14.6 Å². The van der Waals surface area contributed by atoms with Crippen molar-refractivity contribution in [2.24, 2.45) is 4.99 Å². The maximum atomic E-state index is 11.7. The molecule has 1 heterocycles. The summed E-state index contributed by atoms with van der Waals surface area (Å²) in [4.78, 5) is 15.6. The number of carbonyl (C=O) groups is 1. The van der Waals surface area contributed by atoms with E-state index < -0.39 is 0 Å². The summed E-state index contributed by atoms with van der Waals surface area (Å²) in [5, 5.41) is 8.89. The first-order valence-corrected chi connectivity index (χ1v) is 5.88. The number of allylic oxidation sites excluding steroid dienone is 1. The van der Waals surface area contributed by atoms with E-state index in [1.807, 2.05) is 24.3 Å². The molecule has 0 saturated carbocycles. The molecular formula is C14H15NO4. The lowest BCUT2D eigenvalue weighted by Gasteiger charge is -2.13. The number of aliphatic hydroxyl groups excluding tert-OH is 1. The van der Waals surface area contributed by atoms with Gasteiger partial charge >= 0.3 is 0 Å². The number of ether oxygens (including phenoxy) is 2. The standard InChI is InChI=1S/C14H15NO4/c1-18-12-4-2-10(3-5-12)9-19-14-7-15-11(8-16)6-13(14)17/h2-5,7,16H,6,8-9H2,1H3. The number of methoxy groups -OCH3 is 1. The molecule has 19 heavy (non-hydrogen) atoms. The van der Waals surface area contributed by atoms with Crippen molar-refractivity contribution in [2.75, 3.05) is 13.7 Å². The molecule has 2 rings (SSSR count). The first-order valence-electron chi connectivity index (χ1n) is 5.88. The monoisotopic (exact) mass is 261 g/mol. The summed E-state index contributed by atoms with van der Waals surface area (Å²) >= 11 is 0. The predicted molar refractivity (Wildman–Crippen MR) is 70.0 cm³/mol. The molecule has 1 aliphatic rings. The average molecular weight is 261 g/mol. The highest BCUT2D eigenvalue weighted by Crippen LogP contribution is 2.15. The Bertz CT molecular complexity index is 517. The summed E-state index contributed by atoms with van der Waals surface area (Å²) in [7, 11) is 1.60. The minimum absolute atomic E-state index is 0.116. The van der Waals surface area contributed by atoms with E-state index in [-0.39, 0.29) is 24.6 Å². The molecule has 1 aromatic carbocycles. The van der Waals surface area contributed by atoms with Crippen molar-refractivity contribution < 1.29 is 19.4 Å². The zero-order chi connectivity index (χ0) is 13.7. The molecule has 0 aromatic heterocycles. The highest BCUT2D eigenvalue weighted by molar-refractivity contribution is 6.10. The van der Waals surface area contributed by atoms with E-state index >= 15 is 0 Å². The van der Waals surface area contributed by atoms with Crippen LogP contribution in [-0.4, -0.2) is 30.3 Å². The minimum atomic E-state index is -0.200. The van der Waals surface area contributed by atoms with Crippen molar-refractivity contribution in [2.45, 2.75) is 13.0 Å². The van der Waals surface area contributed by atoms with Gasteiger partial charge in [0.05, 0.1) is 32.0 Å². The lowest BCUT2D eigenvalue weighted by molar-refractivity contribution is -0.118. The third kappa shape index (κ3) is 3.42. The van der Waals surface area contributed by atoms with Crippen LogP contribution in [-0.2, 0) is 16.1 Å². The molecule has 0 unspecified atom stereocenters. The Morgan fingerprint density at radius 1 is 1.32 bits per heavy atom. The van der Waals surface area contributed by atoms with E-state index in [1.54, 1.807) is 7.11 Å². The predicted octanol–water partition coefficient (Wildman–Crippen LogP) is 1.46. The summed E-state index contributed by atoms with van der Waals surface area (Å²) in [6, 6.07) is 7.40. The molecule has 0 fully saturated rings. The lowest BCUT2D eigenvalue weighted by atomic mass is 10.1. The summed E-state index contributed by atoms with van der Waals surface area (Å²) < 4.78 is 10.5. The van der Waals surface area contributed by atoms with Gasteiger partial charge < -0.3 is 14.6 Å². The minimum Gasteiger partial charge on any atom is -0.497 e. The Hall–Kier alpha value is -2.14. The van der Waals surface area contributed by atoms with E-state index in [2.05, 4.69) is 4.99 Å². The van der Waals surface area contributed by atoms with Crippen molar-refractivity contribution >= 4 is 11.5 Å². The number of carbonyl (C=O) groups excluding carboxylic acids is 1. The number of nitrogens with zero attached hydrogens (tertiary/aromatic N) is 1. The fourth-order valence-corrected chi connectivity index (χ4v) is 1.64. The van der Waals surface area contributed by atoms with Crippen LogP contribution in [0.15, 0.2) is 41.2 Å². The largest absolute Gasteiger partial charge is 0.497 e. The van der Waals surface area contributed by atoms with E-state index in [9.17, 15) is 4.79 Å². The van der Waals surface area contributed by atoms with Crippen LogP contribution in [0.2, 0.25) is 0 Å². The van der Waals surface area contributed by atoms with Gasteiger partial charge in [-0.3, -0.25) is 9.79 Å². The fraction of sp³-hybridized carbons (Fsp3) is 0.286. The third-order valence-corrected chi connectivity index (χ3v) is 2.74. The fourth-order valence-electron chi connectivity index (χ4n) is 1.64. The molecule has 100 valence electrons. The molecule has 0 aliphatic carbocycles. The van der Waals surface area contributed by atoms with Gasteiger partial charge in [-0.25, -0.2) is 0 Å². The first kappa shape index (κ1) is 13.3. The number of rotatable bonds is 5. The number of hydrogen-bond donors (Lipinski definition) is 1. The second-order valence-electron chi connectivity index (χ2n) is 4.08. The van der Waals surface area contributed by atoms with Gasteiger partial charge in [-0.2, -0.15) is 0 Å². The van der Waals surface area contributed by atoms with Crippen molar-refractivity contribution in [1.29, 1.82) is 0 Å². The van der Waals surface area contributed by atoms with Crippen molar-refractivity contribution in [3.05, 3.63) is 41.8 Å². The first-order chi connectivity index (χ1) is 9.22. The van der Waals surface area contributed by atoms with Gasteiger partial charge in [0.15, 0.2) is 5.76 Å². The molecule has 5 heteroatoms. The molecule has 1 aliphatic heterocycles. The molecule has 0 saturated heterocycles. The number of benzene rings is 1. The van der Waals surface area contributed by atoms with Gasteiger partial charge in [0.2, 0.25) is 5.78 Å². The van der Waals surface area contributed by atoms with Crippen LogP contribution in [0.1, 0.15) is 12.0 Å². The Kier molecular flexibility index (Phi) is 4.30. The molecular weight excluding hydrogens is 246 g/mol. The van der Waals surface area contributed by atoms with E-state index in [1.165, 1.54) is 6.20 Å². The summed E-state index contributed by atoms with van der Waals surface area (Å²) in [6.45, 7) is 0.0968. The van der Waals surface area contributed by atoms with Crippen LogP contribution < -0.4 is 4.74 Å². The summed E-state index contributed by atoms with van der Waals surface area (Å²) in [5.41, 5.74) is 1.40. The maximum Gasteiger partial charge on any atom is 0.204 e. The van der Waals surface area contributed by atoms with Crippen LogP contribution in [0.25, 0.3) is 0 Å². The summed E-state index contributed by atoms with van der Waals surface area (Å²) in [6.07, 6.45) is 1.48. The second-order valence-corrected chi connectivity index (χ2v) is 4.08. The van der Waals surface area contributed by atoms with Crippen molar-refractivity contribution in [3.8, 4) is 5.75 Å². The third-order valence-electron chi connectivity index (χ3n) is 2.74. The average Bonchev–Trinajstić information content (AvgIpc) is 2.46. The van der Waals surface area contributed by atoms with Crippen LogP contribution in [0, 0.1) is 0 Å². The maximum absolute atomic E-state index is 11.7. The highest BCUT2D eigenvalue weighted by atomic mass is 16.5. The number of aliphatic hydroxyl groups is 1. The van der Waals surface area contributed by atoms with Crippen LogP contribution in [0.4, 0.5) is 0 Å². The molecule has 0 bridgehead atoms. The van der Waals surface area contributed by atoms with Gasteiger partial charge in [-0.05, 0) is 17.7 Å². The Morgan fingerprint density at radius 2 is 2.05 bits per heavy atom. The Morgan fingerprint density at radius 3 is 2.63 bits per heavy atom. The molecule has 0 spiro atoms. The molecule has 0 amide bonds. The van der Waals surface area contributed by atoms with Gasteiger partial charge in [0, 0.05) is 0 Å². The molecule has 1 aromatic rings. The lowest BCUT2D eigenvalue weighted by Crippen LogP contribution is -2.18. The number of hydrogen-bond acceptors (Lipinski definition) is 5. The van der Waals surface area contributed by atoms with Crippen LogP contribution in [0.3, 0.4) is 0 Å². The van der Waals surface area contributed by atoms with Gasteiger partial charge in [0.25, 0.3) is 0 Å². The van der Waals surface area contributed by atoms with E-state index in [0.29, 0.717) is 12.3 Å². The highest BCUT2D eigenvalue weighted by Gasteiger charge is 2.18. The number of ketones is 1. The normalized spacial score (nSPS) is 14.7. The molecule has 0 radical (unpaired) electrons. The molecule has 1 N–H and O–H groups in total. The summed E-state index contributed by atoms with van der Waals surface area (Å²) in [5.74, 6) is 0.842. The Balaban J connectivity index is 1.96. The number of aliphatic imine (C=N–C) groups is 1. The zero-order valence-electron chi connectivity index (χ0n) is 10.6. The second kappa shape index (κ2) is 6.15. The molecule has 5 nitrogen and oxygen atoms in total. The van der Waals surface area contributed by atoms with Gasteiger partial charge in [-0.1, -0.05) is 12.1 Å². The van der Waals surface area contributed by atoms with Crippen LogP contribution >= 0.6 is 0 Å². The topological polar surface area (TPSA) is 68.1 Å². The van der Waals surface area contributed by atoms with Gasteiger partial charge in [0.1, 0.15) is 12.4 Å². The van der Waals surface area contributed by atoms with Gasteiger partial charge in [-0.15, -0.1) is 0 Å². The quantitative estimate of drug-likeness (QED) is 0.871. The van der Waals surface area contributed by atoms with E-state index in [0.717, 1.165) is 11.3 Å². The smallest absolute Gasteiger partial charge is 0.204 e. The Labute approximate surface area is 111 Å². The zero-order valence-corrected chi connectivity index (χ0v) is 10.6. The number of Topliss-reactive ketones (excluding diaryl/α,β-unsaturated/α-hetero) is 1. The van der Waals surface area contributed by atoms with Crippen molar-refractivity contribution in [3.63, 3.8) is 0 Å².